The van der Waals surface area contributed by atoms with Gasteiger partial charge in [0.25, 0.3) is 0 Å². The summed E-state index contributed by atoms with van der Waals surface area (Å²) in [7, 11) is -4.65. The van der Waals surface area contributed by atoms with E-state index in [4.69, 9.17) is 23.6 Å². The van der Waals surface area contributed by atoms with Crippen LogP contribution in [0.4, 0.5) is 0 Å². The molecular formula is C54H91O10P. The molecule has 0 aromatic heterocycles. The Morgan fingerprint density at radius 2 is 0.877 bits per heavy atom. The number of aliphatic hydroxyl groups is 2. The van der Waals surface area contributed by atoms with Gasteiger partial charge in [-0.15, -0.1) is 0 Å². The molecule has 0 spiro atoms. The Balaban J connectivity index is 4.30. The molecule has 3 atom stereocenters. The molecular weight excluding hydrogens is 840 g/mol. The molecule has 0 rings (SSSR count). The zero-order valence-electron chi connectivity index (χ0n) is 40.7. The van der Waals surface area contributed by atoms with E-state index in [1.165, 1.54) is 89.9 Å². The first-order valence-electron chi connectivity index (χ1n) is 25.2. The minimum Gasteiger partial charge on any atom is -0.462 e. The van der Waals surface area contributed by atoms with Gasteiger partial charge < -0.3 is 24.6 Å². The number of hydrogen-bond acceptors (Lipinski definition) is 9. The van der Waals surface area contributed by atoms with Crippen molar-refractivity contribution in [2.24, 2.45) is 0 Å². The molecule has 0 bridgehead atoms. The van der Waals surface area contributed by atoms with Gasteiger partial charge in [0, 0.05) is 12.8 Å². The number of ether oxygens (including phenoxy) is 2. The van der Waals surface area contributed by atoms with Gasteiger partial charge in [-0.2, -0.15) is 0 Å². The fourth-order valence-corrected chi connectivity index (χ4v) is 7.19. The predicted molar refractivity (Wildman–Crippen MR) is 269 cm³/mol. The van der Waals surface area contributed by atoms with Crippen molar-refractivity contribution in [2.75, 3.05) is 26.4 Å². The van der Waals surface area contributed by atoms with Crippen LogP contribution in [0.1, 0.15) is 194 Å². The first-order valence-corrected chi connectivity index (χ1v) is 26.7. The number of phosphoric acid groups is 1. The van der Waals surface area contributed by atoms with E-state index in [1.54, 1.807) is 0 Å². The lowest BCUT2D eigenvalue weighted by Crippen LogP contribution is -2.29. The number of carbonyl (C=O) groups excluding carboxylic acids is 2. The Kier molecular flexibility index (Phi) is 46.5. The molecule has 0 aliphatic rings. The van der Waals surface area contributed by atoms with Crippen LogP contribution in [-0.4, -0.2) is 65.7 Å². The van der Waals surface area contributed by atoms with Gasteiger partial charge in [0.2, 0.25) is 0 Å². The maximum absolute atomic E-state index is 12.6. The second-order valence-electron chi connectivity index (χ2n) is 16.5. The van der Waals surface area contributed by atoms with Crippen molar-refractivity contribution in [3.8, 4) is 0 Å². The Labute approximate surface area is 395 Å². The molecule has 0 saturated carbocycles. The molecule has 0 saturated heterocycles. The zero-order chi connectivity index (χ0) is 47.6. The summed E-state index contributed by atoms with van der Waals surface area (Å²) in [5, 5.41) is 18.4. The average molecular weight is 931 g/mol. The Bertz CT molecular complexity index is 1400. The van der Waals surface area contributed by atoms with Gasteiger partial charge in [-0.1, -0.05) is 195 Å². The van der Waals surface area contributed by atoms with E-state index in [-0.39, 0.29) is 19.4 Å². The fourth-order valence-electron chi connectivity index (χ4n) is 6.40. The van der Waals surface area contributed by atoms with Crippen molar-refractivity contribution in [1.29, 1.82) is 0 Å². The van der Waals surface area contributed by atoms with E-state index in [1.807, 2.05) is 12.2 Å². The number of hydrogen-bond donors (Lipinski definition) is 3. The van der Waals surface area contributed by atoms with Crippen molar-refractivity contribution in [1.82, 2.24) is 0 Å². The summed E-state index contributed by atoms with van der Waals surface area (Å²) in [5.74, 6) is -1.03. The topological polar surface area (TPSA) is 149 Å². The molecule has 3 N–H and O–H groups in total. The highest BCUT2D eigenvalue weighted by Crippen LogP contribution is 2.43. The summed E-state index contributed by atoms with van der Waals surface area (Å²) in [6.07, 6.45) is 61.0. The first kappa shape index (κ1) is 61.9. The molecule has 0 radical (unpaired) electrons. The number of carbonyl (C=O) groups is 2. The molecule has 0 amide bonds. The molecule has 10 nitrogen and oxygen atoms in total. The standard InChI is InChI=1S/C54H91O10P/c1-3-5-7-9-11-13-15-17-19-21-23-24-25-26-28-29-31-33-35-37-39-41-43-45-53(57)61-49-52(50-63-65(59,60)62-48-51(56)47-55)64-54(58)46-44-42-40-38-36-34-32-30-27-22-20-18-16-14-12-10-8-6-4-2/h6,8,12,14-15,17-18,20-21,23,27,30,34,36,40,42,51-52,55-56H,3-5,7,9-11,13,16,19,22,24-26,28-29,31-33,35,37-39,41,43-50H2,1-2H3,(H,59,60)/b8-6-,14-12-,17-15-,20-18-,23-21-,30-27-,36-34-,42-40-. The largest absolute Gasteiger partial charge is 0.472 e. The second-order valence-corrected chi connectivity index (χ2v) is 17.9. The fraction of sp³-hybridized carbons (Fsp3) is 0.667. The Morgan fingerprint density at radius 1 is 0.477 bits per heavy atom. The van der Waals surface area contributed by atoms with Crippen LogP contribution in [0.15, 0.2) is 97.2 Å². The Morgan fingerprint density at radius 3 is 1.34 bits per heavy atom. The number of phosphoric ester groups is 1. The number of aliphatic hydroxyl groups excluding tert-OH is 2. The quantitative estimate of drug-likeness (QED) is 0.0233. The third-order valence-corrected chi connectivity index (χ3v) is 11.2. The Hall–Kier alpha value is -3.11. The predicted octanol–water partition coefficient (Wildman–Crippen LogP) is 14.3. The molecule has 0 aromatic carbocycles. The zero-order valence-corrected chi connectivity index (χ0v) is 41.6. The summed E-state index contributed by atoms with van der Waals surface area (Å²) in [4.78, 5) is 35.1. The summed E-state index contributed by atoms with van der Waals surface area (Å²) < 4.78 is 32.8. The van der Waals surface area contributed by atoms with E-state index in [9.17, 15) is 24.2 Å². The summed E-state index contributed by atoms with van der Waals surface area (Å²) >= 11 is 0. The summed E-state index contributed by atoms with van der Waals surface area (Å²) in [6, 6.07) is 0. The van der Waals surface area contributed by atoms with E-state index in [0.717, 1.165) is 64.2 Å². The normalized spacial score (nSPS) is 14.5. The van der Waals surface area contributed by atoms with Gasteiger partial charge in [0.05, 0.1) is 19.8 Å². The molecule has 65 heavy (non-hydrogen) atoms. The van der Waals surface area contributed by atoms with Crippen molar-refractivity contribution >= 4 is 19.8 Å². The third-order valence-electron chi connectivity index (χ3n) is 10.2. The van der Waals surface area contributed by atoms with Crippen LogP contribution < -0.4 is 0 Å². The number of unbranched alkanes of at least 4 members (excludes halogenated alkanes) is 16. The van der Waals surface area contributed by atoms with Gasteiger partial charge in [-0.3, -0.25) is 18.6 Å². The van der Waals surface area contributed by atoms with Crippen LogP contribution in [0.5, 0.6) is 0 Å². The van der Waals surface area contributed by atoms with E-state index in [0.29, 0.717) is 12.8 Å². The molecule has 372 valence electrons. The monoisotopic (exact) mass is 931 g/mol. The lowest BCUT2D eigenvalue weighted by molar-refractivity contribution is -0.161. The van der Waals surface area contributed by atoms with Crippen molar-refractivity contribution < 1.29 is 47.8 Å². The van der Waals surface area contributed by atoms with Gasteiger partial charge in [-0.05, 0) is 83.5 Å². The van der Waals surface area contributed by atoms with Crippen LogP contribution in [0.25, 0.3) is 0 Å². The number of esters is 2. The van der Waals surface area contributed by atoms with Crippen LogP contribution in [0.3, 0.4) is 0 Å². The van der Waals surface area contributed by atoms with Gasteiger partial charge in [-0.25, -0.2) is 4.57 Å². The number of rotatable bonds is 46. The van der Waals surface area contributed by atoms with E-state index >= 15 is 0 Å². The van der Waals surface area contributed by atoms with Crippen molar-refractivity contribution in [3.63, 3.8) is 0 Å². The lowest BCUT2D eigenvalue weighted by atomic mass is 10.0. The lowest BCUT2D eigenvalue weighted by Gasteiger charge is -2.20. The minimum atomic E-state index is -4.65. The van der Waals surface area contributed by atoms with Gasteiger partial charge >= 0.3 is 19.8 Å². The van der Waals surface area contributed by atoms with E-state index < -0.39 is 51.8 Å². The maximum Gasteiger partial charge on any atom is 0.472 e. The molecule has 0 aliphatic heterocycles. The third kappa shape index (κ3) is 48.6. The van der Waals surface area contributed by atoms with E-state index in [2.05, 4.69) is 98.9 Å². The molecule has 11 heteroatoms. The van der Waals surface area contributed by atoms with Gasteiger partial charge in [0.15, 0.2) is 6.10 Å². The SMILES string of the molecule is CC/C=C\C/C=C\C/C=C\C/C=C\C/C=C\C/C=C\CCC(=O)OC(COC(=O)CCCCCCCCCCCCC/C=C\C/C=C\CCCCCCC)COP(=O)(O)OCC(O)CO. The first-order chi connectivity index (χ1) is 31.7. The smallest absolute Gasteiger partial charge is 0.462 e. The highest BCUT2D eigenvalue weighted by atomic mass is 31.2. The van der Waals surface area contributed by atoms with Crippen LogP contribution >= 0.6 is 7.82 Å². The van der Waals surface area contributed by atoms with Gasteiger partial charge in [0.1, 0.15) is 12.7 Å². The average Bonchev–Trinajstić information content (AvgIpc) is 3.30. The highest BCUT2D eigenvalue weighted by Gasteiger charge is 2.27. The van der Waals surface area contributed by atoms with Crippen LogP contribution in [0.2, 0.25) is 0 Å². The van der Waals surface area contributed by atoms with Crippen molar-refractivity contribution in [2.45, 2.75) is 206 Å². The molecule has 0 aliphatic carbocycles. The molecule has 0 fully saturated rings. The second kappa shape index (κ2) is 48.8. The maximum atomic E-state index is 12.6. The van der Waals surface area contributed by atoms with Crippen LogP contribution in [-0.2, 0) is 32.7 Å². The molecule has 0 aromatic rings. The molecule has 0 heterocycles. The number of allylic oxidation sites excluding steroid dienone is 16. The van der Waals surface area contributed by atoms with Crippen molar-refractivity contribution in [3.05, 3.63) is 97.2 Å². The summed E-state index contributed by atoms with van der Waals surface area (Å²) in [6.45, 7) is 2.17. The van der Waals surface area contributed by atoms with Crippen LogP contribution in [0, 0.1) is 0 Å². The minimum absolute atomic E-state index is 0.0538. The molecule has 3 unspecified atom stereocenters. The highest BCUT2D eigenvalue weighted by molar-refractivity contribution is 7.47. The summed E-state index contributed by atoms with van der Waals surface area (Å²) in [5.41, 5.74) is 0.